The second kappa shape index (κ2) is 10.2. The molecule has 9 heteroatoms. The zero-order valence-electron chi connectivity index (χ0n) is 19.0. The van der Waals surface area contributed by atoms with Crippen molar-refractivity contribution in [3.05, 3.63) is 98.8 Å². The van der Waals surface area contributed by atoms with Crippen LogP contribution in [-0.4, -0.2) is 40.5 Å². The van der Waals surface area contributed by atoms with Crippen LogP contribution < -0.4 is 5.32 Å². The molecule has 3 N–H and O–H groups in total. The number of hydrogen-bond acceptors (Lipinski definition) is 6. The quantitative estimate of drug-likeness (QED) is 0.325. The summed E-state index contributed by atoms with van der Waals surface area (Å²) >= 11 is 0. The van der Waals surface area contributed by atoms with Gasteiger partial charge in [-0.15, -0.1) is 0 Å². The molecule has 0 bridgehead atoms. The summed E-state index contributed by atoms with van der Waals surface area (Å²) in [5.41, 5.74) is 4.02. The molecule has 8 nitrogen and oxygen atoms in total. The lowest BCUT2D eigenvalue weighted by Gasteiger charge is -2.20. The zero-order chi connectivity index (χ0) is 25.1. The SMILES string of the molecule is Cc1cc([N+](=O)[O-])c(F)cc1C(O)C(O)CCNC(=O)OCC1c2ccccc2-c2ccccc21. The van der Waals surface area contributed by atoms with Crippen LogP contribution in [0.3, 0.4) is 0 Å². The Labute approximate surface area is 201 Å². The lowest BCUT2D eigenvalue weighted by Crippen LogP contribution is -2.31. The molecule has 0 aliphatic heterocycles. The van der Waals surface area contributed by atoms with Crippen molar-refractivity contribution >= 4 is 11.8 Å². The van der Waals surface area contributed by atoms with Gasteiger partial charge >= 0.3 is 11.8 Å². The highest BCUT2D eigenvalue weighted by Crippen LogP contribution is 2.44. The van der Waals surface area contributed by atoms with Gasteiger partial charge in [-0.2, -0.15) is 4.39 Å². The number of amides is 1. The number of aryl methyl sites for hydroxylation is 1. The third kappa shape index (κ3) is 5.01. The maximum Gasteiger partial charge on any atom is 0.407 e. The van der Waals surface area contributed by atoms with Crippen LogP contribution in [0, 0.1) is 22.9 Å². The maximum atomic E-state index is 14.0. The Morgan fingerprint density at radius 3 is 2.31 bits per heavy atom. The fourth-order valence-corrected chi connectivity index (χ4v) is 4.48. The van der Waals surface area contributed by atoms with E-state index in [4.69, 9.17) is 4.74 Å². The number of halogens is 1. The monoisotopic (exact) mass is 480 g/mol. The number of benzene rings is 3. The Bertz CT molecular complexity index is 1220. The molecule has 4 rings (SSSR count). The number of alkyl carbamates (subject to hydrolysis) is 1. The first-order chi connectivity index (χ1) is 16.8. The minimum Gasteiger partial charge on any atom is -0.449 e. The van der Waals surface area contributed by atoms with Crippen molar-refractivity contribution in [1.29, 1.82) is 0 Å². The number of aliphatic hydroxyl groups excluding tert-OH is 2. The molecule has 35 heavy (non-hydrogen) atoms. The number of ether oxygens (including phenoxy) is 1. The fraction of sp³-hybridized carbons (Fsp3) is 0.269. The highest BCUT2D eigenvalue weighted by atomic mass is 19.1. The Morgan fingerprint density at radius 2 is 1.71 bits per heavy atom. The maximum absolute atomic E-state index is 14.0. The average Bonchev–Trinajstić information content (AvgIpc) is 3.17. The van der Waals surface area contributed by atoms with Gasteiger partial charge in [0.25, 0.3) is 0 Å². The van der Waals surface area contributed by atoms with Crippen molar-refractivity contribution in [1.82, 2.24) is 5.32 Å². The lowest BCUT2D eigenvalue weighted by atomic mass is 9.97. The van der Waals surface area contributed by atoms with Gasteiger partial charge in [0.05, 0.1) is 11.0 Å². The molecule has 0 radical (unpaired) electrons. The number of nitrogens with zero attached hydrogens (tertiary/aromatic N) is 1. The van der Waals surface area contributed by atoms with Crippen LogP contribution in [0.15, 0.2) is 60.7 Å². The van der Waals surface area contributed by atoms with E-state index in [-0.39, 0.29) is 36.6 Å². The first kappa shape index (κ1) is 24.3. The molecular weight excluding hydrogens is 455 g/mol. The second-order valence-electron chi connectivity index (χ2n) is 8.47. The molecule has 0 spiro atoms. The predicted molar refractivity (Wildman–Crippen MR) is 126 cm³/mol. The molecule has 0 heterocycles. The van der Waals surface area contributed by atoms with E-state index in [1.807, 2.05) is 48.5 Å². The van der Waals surface area contributed by atoms with Gasteiger partial charge in [0.2, 0.25) is 5.82 Å². The molecule has 0 saturated carbocycles. The molecule has 3 aromatic rings. The number of hydrogen-bond donors (Lipinski definition) is 3. The van der Waals surface area contributed by atoms with Gasteiger partial charge in [-0.1, -0.05) is 48.5 Å². The van der Waals surface area contributed by atoms with Crippen molar-refractivity contribution in [2.45, 2.75) is 31.5 Å². The van der Waals surface area contributed by atoms with E-state index in [0.717, 1.165) is 34.4 Å². The molecule has 0 aromatic heterocycles. The summed E-state index contributed by atoms with van der Waals surface area (Å²) in [6, 6.07) is 17.8. The van der Waals surface area contributed by atoms with E-state index in [0.29, 0.717) is 0 Å². The van der Waals surface area contributed by atoms with Gasteiger partial charge in [-0.3, -0.25) is 10.1 Å². The van der Waals surface area contributed by atoms with Crippen molar-refractivity contribution in [3.63, 3.8) is 0 Å². The molecule has 0 fully saturated rings. The Kier molecular flexibility index (Phi) is 7.09. The summed E-state index contributed by atoms with van der Waals surface area (Å²) in [6.07, 6.45) is -3.51. The molecule has 3 aromatic carbocycles. The van der Waals surface area contributed by atoms with Gasteiger partial charge in [-0.25, -0.2) is 4.79 Å². The van der Waals surface area contributed by atoms with Crippen LogP contribution in [0.2, 0.25) is 0 Å². The van der Waals surface area contributed by atoms with E-state index < -0.39 is 34.7 Å². The fourth-order valence-electron chi connectivity index (χ4n) is 4.48. The van der Waals surface area contributed by atoms with Crippen molar-refractivity contribution in [2.75, 3.05) is 13.2 Å². The number of rotatable bonds is 8. The number of carbonyl (C=O) groups is 1. The number of nitro groups is 1. The first-order valence-electron chi connectivity index (χ1n) is 11.2. The smallest absolute Gasteiger partial charge is 0.407 e. The highest BCUT2D eigenvalue weighted by Gasteiger charge is 2.29. The summed E-state index contributed by atoms with van der Waals surface area (Å²) in [5.74, 6) is -1.18. The summed E-state index contributed by atoms with van der Waals surface area (Å²) in [7, 11) is 0. The molecule has 1 amide bonds. The van der Waals surface area contributed by atoms with Crippen LogP contribution >= 0.6 is 0 Å². The number of nitro benzene ring substituents is 1. The predicted octanol–water partition coefficient (Wildman–Crippen LogP) is 4.37. The number of nitrogens with one attached hydrogen (secondary N) is 1. The third-order valence-electron chi connectivity index (χ3n) is 6.27. The van der Waals surface area contributed by atoms with Crippen LogP contribution in [0.5, 0.6) is 0 Å². The Balaban J connectivity index is 1.30. The van der Waals surface area contributed by atoms with Crippen LogP contribution in [0.25, 0.3) is 11.1 Å². The van der Waals surface area contributed by atoms with Crippen LogP contribution in [-0.2, 0) is 4.74 Å². The Morgan fingerprint density at radius 1 is 1.11 bits per heavy atom. The minimum atomic E-state index is -1.48. The van der Waals surface area contributed by atoms with E-state index >= 15 is 0 Å². The standard InChI is InChI=1S/C26H25FN2O6/c1-15-12-23(29(33)34)22(27)13-20(15)25(31)24(30)10-11-28-26(32)35-14-21-18-8-4-2-6-16(18)17-7-3-5-9-19(17)21/h2-9,12-13,21,24-25,30-31H,10-11,14H2,1H3,(H,28,32). The van der Waals surface area contributed by atoms with Crippen molar-refractivity contribution < 1.29 is 29.1 Å². The van der Waals surface area contributed by atoms with Crippen molar-refractivity contribution in [3.8, 4) is 11.1 Å². The molecule has 1 aliphatic rings. The third-order valence-corrected chi connectivity index (χ3v) is 6.27. The van der Waals surface area contributed by atoms with Gasteiger partial charge in [0.1, 0.15) is 12.7 Å². The number of fused-ring (bicyclic) bond motifs is 3. The zero-order valence-corrected chi connectivity index (χ0v) is 19.0. The lowest BCUT2D eigenvalue weighted by molar-refractivity contribution is -0.387. The van der Waals surface area contributed by atoms with Gasteiger partial charge < -0.3 is 20.3 Å². The van der Waals surface area contributed by atoms with Crippen LogP contribution in [0.4, 0.5) is 14.9 Å². The summed E-state index contributed by atoms with van der Waals surface area (Å²) in [5, 5.41) is 34.1. The number of aliphatic hydroxyl groups is 2. The second-order valence-corrected chi connectivity index (χ2v) is 8.47. The van der Waals surface area contributed by atoms with E-state index in [9.17, 15) is 29.5 Å². The van der Waals surface area contributed by atoms with E-state index in [1.54, 1.807) is 0 Å². The van der Waals surface area contributed by atoms with Crippen molar-refractivity contribution in [2.24, 2.45) is 0 Å². The topological polar surface area (TPSA) is 122 Å². The van der Waals surface area contributed by atoms with Gasteiger partial charge in [-0.05, 0) is 52.8 Å². The molecule has 2 unspecified atom stereocenters. The minimum absolute atomic E-state index is 0.00338. The average molecular weight is 480 g/mol. The molecule has 1 aliphatic carbocycles. The summed E-state index contributed by atoms with van der Waals surface area (Å²) in [6.45, 7) is 1.63. The van der Waals surface area contributed by atoms with Crippen LogP contribution in [0.1, 0.15) is 40.7 Å². The van der Waals surface area contributed by atoms with E-state index in [2.05, 4.69) is 5.32 Å². The normalized spacial score (nSPS) is 14.1. The molecular formula is C26H25FN2O6. The largest absolute Gasteiger partial charge is 0.449 e. The summed E-state index contributed by atoms with van der Waals surface area (Å²) in [4.78, 5) is 22.3. The highest BCUT2D eigenvalue weighted by molar-refractivity contribution is 5.79. The summed E-state index contributed by atoms with van der Waals surface area (Å²) < 4.78 is 19.4. The molecule has 2 atom stereocenters. The number of carbonyl (C=O) groups excluding carboxylic acids is 1. The van der Waals surface area contributed by atoms with E-state index in [1.165, 1.54) is 6.92 Å². The first-order valence-corrected chi connectivity index (χ1v) is 11.2. The van der Waals surface area contributed by atoms with Gasteiger partial charge in [0.15, 0.2) is 0 Å². The molecule has 0 saturated heterocycles. The Hall–Kier alpha value is -3.82. The van der Waals surface area contributed by atoms with Gasteiger partial charge in [0, 0.05) is 18.5 Å². The molecule has 182 valence electrons.